The molecule has 7 nitrogen and oxygen atoms in total. The van der Waals surface area contributed by atoms with Gasteiger partial charge in [-0.3, -0.25) is 0 Å². The van der Waals surface area contributed by atoms with Crippen LogP contribution in [0, 0.1) is 0 Å². The van der Waals surface area contributed by atoms with Crippen LogP contribution >= 0.6 is 12.2 Å². The van der Waals surface area contributed by atoms with Gasteiger partial charge in [0.15, 0.2) is 5.11 Å². The van der Waals surface area contributed by atoms with Crippen molar-refractivity contribution < 1.29 is 17.9 Å². The topological polar surface area (TPSA) is 88.7 Å². The fraction of sp³-hybridized carbons (Fsp3) is 0.235. The number of benzene rings is 2. The second kappa shape index (κ2) is 8.84. The standard InChI is InChI=1S/C17H21N3O4S2/c1-4-18-26(21,22)14-8-5-12(6-9-14)19-17(25)20-15-11-13(23-2)7-10-16(15)24-3/h5-11,18H,4H2,1-3H3,(H2,19,20,25). The third-order valence-electron chi connectivity index (χ3n) is 3.41. The molecule has 26 heavy (non-hydrogen) atoms. The number of hydrogen-bond donors (Lipinski definition) is 3. The zero-order valence-corrected chi connectivity index (χ0v) is 16.3. The van der Waals surface area contributed by atoms with Crippen LogP contribution in [0.5, 0.6) is 11.5 Å². The number of ether oxygens (including phenoxy) is 2. The van der Waals surface area contributed by atoms with Crippen molar-refractivity contribution in [1.29, 1.82) is 0 Å². The molecule has 2 aromatic carbocycles. The zero-order valence-electron chi connectivity index (χ0n) is 14.7. The minimum absolute atomic E-state index is 0.193. The molecule has 0 amide bonds. The number of anilines is 2. The first-order chi connectivity index (χ1) is 12.4. The average Bonchev–Trinajstić information content (AvgIpc) is 2.62. The minimum Gasteiger partial charge on any atom is -0.497 e. The van der Waals surface area contributed by atoms with Crippen molar-refractivity contribution in [2.24, 2.45) is 0 Å². The second-order valence-electron chi connectivity index (χ2n) is 5.17. The van der Waals surface area contributed by atoms with Crippen LogP contribution in [0.4, 0.5) is 11.4 Å². The highest BCUT2D eigenvalue weighted by Crippen LogP contribution is 2.29. The van der Waals surface area contributed by atoms with Gasteiger partial charge in [0.1, 0.15) is 11.5 Å². The van der Waals surface area contributed by atoms with Gasteiger partial charge in [-0.1, -0.05) is 6.92 Å². The highest BCUT2D eigenvalue weighted by molar-refractivity contribution is 7.89. The van der Waals surface area contributed by atoms with E-state index in [2.05, 4.69) is 15.4 Å². The lowest BCUT2D eigenvalue weighted by Crippen LogP contribution is -2.23. The van der Waals surface area contributed by atoms with Crippen LogP contribution in [0.25, 0.3) is 0 Å². The number of nitrogens with one attached hydrogen (secondary N) is 3. The van der Waals surface area contributed by atoms with Crippen LogP contribution < -0.4 is 24.8 Å². The molecule has 9 heteroatoms. The molecular weight excluding hydrogens is 374 g/mol. The molecule has 0 aliphatic carbocycles. The first-order valence-corrected chi connectivity index (χ1v) is 9.68. The molecule has 0 heterocycles. The number of sulfonamides is 1. The Bertz CT molecular complexity index is 868. The van der Waals surface area contributed by atoms with Gasteiger partial charge in [0, 0.05) is 18.3 Å². The van der Waals surface area contributed by atoms with Crippen LogP contribution in [0.3, 0.4) is 0 Å². The van der Waals surface area contributed by atoms with Crippen molar-refractivity contribution in [3.8, 4) is 11.5 Å². The maximum atomic E-state index is 11.9. The van der Waals surface area contributed by atoms with Gasteiger partial charge in [0.05, 0.1) is 24.8 Å². The van der Waals surface area contributed by atoms with Crippen molar-refractivity contribution in [2.75, 3.05) is 31.4 Å². The largest absolute Gasteiger partial charge is 0.497 e. The Kier molecular flexibility index (Phi) is 6.78. The van der Waals surface area contributed by atoms with Gasteiger partial charge in [0.2, 0.25) is 10.0 Å². The van der Waals surface area contributed by atoms with E-state index in [0.717, 1.165) is 0 Å². The van der Waals surface area contributed by atoms with E-state index in [4.69, 9.17) is 21.7 Å². The zero-order chi connectivity index (χ0) is 19.2. The predicted molar refractivity (Wildman–Crippen MR) is 107 cm³/mol. The Balaban J connectivity index is 2.09. The first kappa shape index (κ1) is 20.0. The van der Waals surface area contributed by atoms with Crippen LogP contribution in [0.1, 0.15) is 6.92 Å². The molecule has 0 fully saturated rings. The van der Waals surface area contributed by atoms with E-state index in [1.54, 1.807) is 51.5 Å². The lowest BCUT2D eigenvalue weighted by Gasteiger charge is -2.14. The summed E-state index contributed by atoms with van der Waals surface area (Å²) in [6, 6.07) is 11.6. The van der Waals surface area contributed by atoms with Gasteiger partial charge in [-0.25, -0.2) is 13.1 Å². The van der Waals surface area contributed by atoms with Gasteiger partial charge in [-0.05, 0) is 48.6 Å². The third kappa shape index (κ3) is 5.07. The molecule has 0 aromatic heterocycles. The van der Waals surface area contributed by atoms with Crippen molar-refractivity contribution in [1.82, 2.24) is 4.72 Å². The Morgan fingerprint density at radius 3 is 2.31 bits per heavy atom. The molecule has 0 radical (unpaired) electrons. The van der Waals surface area contributed by atoms with Crippen molar-refractivity contribution >= 4 is 38.7 Å². The van der Waals surface area contributed by atoms with E-state index < -0.39 is 10.0 Å². The van der Waals surface area contributed by atoms with Crippen molar-refractivity contribution in [3.05, 3.63) is 42.5 Å². The number of thiocarbonyl (C=S) groups is 1. The molecule has 0 aliphatic rings. The summed E-state index contributed by atoms with van der Waals surface area (Å²) in [6.45, 7) is 2.06. The highest BCUT2D eigenvalue weighted by atomic mass is 32.2. The smallest absolute Gasteiger partial charge is 0.240 e. The highest BCUT2D eigenvalue weighted by Gasteiger charge is 2.12. The molecule has 0 spiro atoms. The van der Waals surface area contributed by atoms with Crippen molar-refractivity contribution in [2.45, 2.75) is 11.8 Å². The Labute approximate surface area is 158 Å². The first-order valence-electron chi connectivity index (χ1n) is 7.79. The van der Waals surface area contributed by atoms with E-state index in [9.17, 15) is 8.42 Å². The van der Waals surface area contributed by atoms with Crippen LogP contribution in [0.15, 0.2) is 47.4 Å². The van der Waals surface area contributed by atoms with Gasteiger partial charge >= 0.3 is 0 Å². The lowest BCUT2D eigenvalue weighted by atomic mass is 10.2. The minimum atomic E-state index is -3.48. The van der Waals surface area contributed by atoms with Crippen LogP contribution in [-0.2, 0) is 10.0 Å². The molecule has 140 valence electrons. The van der Waals surface area contributed by atoms with Crippen LogP contribution in [0.2, 0.25) is 0 Å². The molecular formula is C17H21N3O4S2. The third-order valence-corrected chi connectivity index (χ3v) is 5.18. The normalized spacial score (nSPS) is 10.9. The van der Waals surface area contributed by atoms with Crippen molar-refractivity contribution in [3.63, 3.8) is 0 Å². The fourth-order valence-corrected chi connectivity index (χ4v) is 3.46. The van der Waals surface area contributed by atoms with Gasteiger partial charge in [-0.15, -0.1) is 0 Å². The van der Waals surface area contributed by atoms with E-state index in [1.165, 1.54) is 12.1 Å². The molecule has 0 saturated carbocycles. The summed E-state index contributed by atoms with van der Waals surface area (Å²) in [5.41, 5.74) is 1.30. The maximum Gasteiger partial charge on any atom is 0.240 e. The summed E-state index contributed by atoms with van der Waals surface area (Å²) >= 11 is 5.30. The second-order valence-corrected chi connectivity index (χ2v) is 7.35. The molecule has 2 rings (SSSR count). The lowest BCUT2D eigenvalue weighted by molar-refractivity contribution is 0.405. The Morgan fingerprint density at radius 1 is 1.04 bits per heavy atom. The molecule has 0 saturated heterocycles. The fourth-order valence-electron chi connectivity index (χ4n) is 2.19. The summed E-state index contributed by atoms with van der Waals surface area (Å²) < 4.78 is 36.8. The predicted octanol–water partition coefficient (Wildman–Crippen LogP) is 2.81. The maximum absolute atomic E-state index is 11.9. The number of methoxy groups -OCH3 is 2. The van der Waals surface area contributed by atoms with E-state index in [-0.39, 0.29) is 4.90 Å². The molecule has 0 bridgehead atoms. The molecule has 0 aliphatic heterocycles. The SMILES string of the molecule is CCNS(=O)(=O)c1ccc(NC(=S)Nc2cc(OC)ccc2OC)cc1. The van der Waals surface area contributed by atoms with E-state index in [1.807, 2.05) is 0 Å². The summed E-state index contributed by atoms with van der Waals surface area (Å²) in [4.78, 5) is 0.193. The quantitative estimate of drug-likeness (QED) is 0.621. The number of rotatable bonds is 7. The van der Waals surface area contributed by atoms with E-state index >= 15 is 0 Å². The van der Waals surface area contributed by atoms with Gasteiger partial charge < -0.3 is 20.1 Å². The molecule has 2 aromatic rings. The monoisotopic (exact) mass is 395 g/mol. The molecule has 0 unspecified atom stereocenters. The van der Waals surface area contributed by atoms with Crippen LogP contribution in [-0.4, -0.2) is 34.3 Å². The Hall–Kier alpha value is -2.36. The molecule has 3 N–H and O–H groups in total. The summed E-state index contributed by atoms with van der Waals surface area (Å²) in [6.07, 6.45) is 0. The molecule has 0 atom stereocenters. The van der Waals surface area contributed by atoms with Gasteiger partial charge in [-0.2, -0.15) is 0 Å². The summed E-state index contributed by atoms with van der Waals surface area (Å²) in [7, 11) is -0.340. The Morgan fingerprint density at radius 2 is 1.73 bits per heavy atom. The van der Waals surface area contributed by atoms with E-state index in [0.29, 0.717) is 34.5 Å². The van der Waals surface area contributed by atoms with Gasteiger partial charge in [0.25, 0.3) is 0 Å². The summed E-state index contributed by atoms with van der Waals surface area (Å²) in [5, 5.41) is 6.37. The average molecular weight is 396 g/mol. The summed E-state index contributed by atoms with van der Waals surface area (Å²) in [5.74, 6) is 1.27. The number of hydrogen-bond acceptors (Lipinski definition) is 5.